The molecule has 138 valence electrons. The van der Waals surface area contributed by atoms with Gasteiger partial charge < -0.3 is 15.4 Å². The first-order valence-corrected chi connectivity index (χ1v) is 9.31. The van der Waals surface area contributed by atoms with Crippen LogP contribution in [0.15, 0.2) is 24.3 Å². The minimum Gasteiger partial charge on any atom is -0.492 e. The van der Waals surface area contributed by atoms with Gasteiger partial charge in [-0.05, 0) is 50.7 Å². The molecule has 1 aliphatic carbocycles. The maximum Gasteiger partial charge on any atom is 0.227 e. The summed E-state index contributed by atoms with van der Waals surface area (Å²) in [5.41, 5.74) is 0.714. The highest BCUT2D eigenvalue weighted by molar-refractivity contribution is 5.94. The molecule has 1 aliphatic rings. The molecule has 5 heteroatoms. The summed E-state index contributed by atoms with van der Waals surface area (Å²) in [6, 6.07) is 7.48. The average Bonchev–Trinajstić information content (AvgIpc) is 2.61. The van der Waals surface area contributed by atoms with Crippen LogP contribution in [0.5, 0.6) is 5.75 Å². The van der Waals surface area contributed by atoms with Crippen LogP contribution < -0.4 is 15.4 Å². The molecule has 1 aromatic carbocycles. The van der Waals surface area contributed by atoms with Gasteiger partial charge in [-0.1, -0.05) is 26.0 Å². The van der Waals surface area contributed by atoms with Crippen LogP contribution in [-0.4, -0.2) is 25.0 Å². The molecular formula is C20H30N2O3. The van der Waals surface area contributed by atoms with E-state index in [9.17, 15) is 9.59 Å². The molecular weight excluding hydrogens is 316 g/mol. The molecule has 0 atom stereocenters. The average molecular weight is 346 g/mol. The zero-order valence-corrected chi connectivity index (χ0v) is 15.5. The SMILES string of the molecule is CCOc1ccccc1NC(=O)C1CCC(C(=O)NCC(C)C)CC1. The van der Waals surface area contributed by atoms with Crippen LogP contribution in [0.2, 0.25) is 0 Å². The summed E-state index contributed by atoms with van der Waals surface area (Å²) in [7, 11) is 0. The van der Waals surface area contributed by atoms with Gasteiger partial charge in [0.15, 0.2) is 0 Å². The van der Waals surface area contributed by atoms with Crippen molar-refractivity contribution in [1.29, 1.82) is 0 Å². The van der Waals surface area contributed by atoms with Gasteiger partial charge in [-0.25, -0.2) is 0 Å². The minimum absolute atomic E-state index is 0.0215. The number of carbonyl (C=O) groups is 2. The Kier molecular flexibility index (Phi) is 7.29. The molecule has 0 unspecified atom stereocenters. The van der Waals surface area contributed by atoms with Gasteiger partial charge in [-0.3, -0.25) is 9.59 Å². The molecule has 0 aliphatic heterocycles. The topological polar surface area (TPSA) is 67.4 Å². The second kappa shape index (κ2) is 9.44. The Morgan fingerprint density at radius 2 is 1.68 bits per heavy atom. The smallest absolute Gasteiger partial charge is 0.227 e. The number of rotatable bonds is 7. The summed E-state index contributed by atoms with van der Waals surface area (Å²) in [5, 5.41) is 5.99. The van der Waals surface area contributed by atoms with E-state index < -0.39 is 0 Å². The quantitative estimate of drug-likeness (QED) is 0.792. The van der Waals surface area contributed by atoms with Crippen molar-refractivity contribution < 1.29 is 14.3 Å². The van der Waals surface area contributed by atoms with Crippen molar-refractivity contribution in [3.8, 4) is 5.75 Å². The second-order valence-electron chi connectivity index (χ2n) is 7.11. The van der Waals surface area contributed by atoms with Gasteiger partial charge in [-0.2, -0.15) is 0 Å². The van der Waals surface area contributed by atoms with E-state index in [1.807, 2.05) is 31.2 Å². The summed E-state index contributed by atoms with van der Waals surface area (Å²) in [6.07, 6.45) is 3.05. The molecule has 5 nitrogen and oxygen atoms in total. The second-order valence-corrected chi connectivity index (χ2v) is 7.11. The lowest BCUT2D eigenvalue weighted by Gasteiger charge is -2.27. The van der Waals surface area contributed by atoms with Gasteiger partial charge in [0.1, 0.15) is 5.75 Å². The predicted octanol–water partition coefficient (Wildman–Crippen LogP) is 3.60. The molecule has 0 spiro atoms. The molecule has 0 bridgehead atoms. The highest BCUT2D eigenvalue weighted by Crippen LogP contribution is 2.31. The molecule has 2 amide bonds. The van der Waals surface area contributed by atoms with Gasteiger partial charge in [0.05, 0.1) is 12.3 Å². The molecule has 0 radical (unpaired) electrons. The van der Waals surface area contributed by atoms with Crippen molar-refractivity contribution in [2.24, 2.45) is 17.8 Å². The summed E-state index contributed by atoms with van der Waals surface area (Å²) < 4.78 is 5.55. The Labute approximate surface area is 150 Å². The molecule has 0 saturated heterocycles. The number of nitrogens with one attached hydrogen (secondary N) is 2. The summed E-state index contributed by atoms with van der Waals surface area (Å²) in [4.78, 5) is 24.7. The lowest BCUT2D eigenvalue weighted by molar-refractivity contribution is -0.128. The van der Waals surface area contributed by atoms with E-state index in [0.717, 1.165) is 25.7 Å². The van der Waals surface area contributed by atoms with E-state index in [2.05, 4.69) is 24.5 Å². The molecule has 0 aromatic heterocycles. The normalized spacial score (nSPS) is 20.2. The van der Waals surface area contributed by atoms with Crippen molar-refractivity contribution in [2.75, 3.05) is 18.5 Å². The highest BCUT2D eigenvalue weighted by atomic mass is 16.5. The molecule has 25 heavy (non-hydrogen) atoms. The lowest BCUT2D eigenvalue weighted by atomic mass is 9.81. The van der Waals surface area contributed by atoms with Crippen molar-refractivity contribution in [3.63, 3.8) is 0 Å². The standard InChI is InChI=1S/C20H30N2O3/c1-4-25-18-8-6-5-7-17(18)22-20(24)16-11-9-15(10-12-16)19(23)21-13-14(2)3/h5-8,14-16H,4,9-13H2,1-3H3,(H,21,23)(H,22,24). The first-order valence-electron chi connectivity index (χ1n) is 9.31. The minimum atomic E-state index is -0.0381. The number of carbonyl (C=O) groups excluding carboxylic acids is 2. The van der Waals surface area contributed by atoms with Crippen LogP contribution in [0.4, 0.5) is 5.69 Å². The molecule has 0 heterocycles. The van der Waals surface area contributed by atoms with Crippen LogP contribution in [0.3, 0.4) is 0 Å². The van der Waals surface area contributed by atoms with E-state index in [4.69, 9.17) is 4.74 Å². The van der Waals surface area contributed by atoms with Crippen LogP contribution >= 0.6 is 0 Å². The van der Waals surface area contributed by atoms with E-state index in [0.29, 0.717) is 30.5 Å². The van der Waals surface area contributed by atoms with E-state index in [1.165, 1.54) is 0 Å². The van der Waals surface area contributed by atoms with Gasteiger partial charge in [0, 0.05) is 18.4 Å². The number of benzene rings is 1. The van der Waals surface area contributed by atoms with Gasteiger partial charge >= 0.3 is 0 Å². The summed E-state index contributed by atoms with van der Waals surface area (Å²) in [6.45, 7) is 7.37. The monoisotopic (exact) mass is 346 g/mol. The van der Waals surface area contributed by atoms with E-state index >= 15 is 0 Å². The number of amides is 2. The van der Waals surface area contributed by atoms with Gasteiger partial charge in [0.2, 0.25) is 11.8 Å². The van der Waals surface area contributed by atoms with Gasteiger partial charge in [-0.15, -0.1) is 0 Å². The molecule has 2 rings (SSSR count). The Morgan fingerprint density at radius 1 is 1.08 bits per heavy atom. The zero-order chi connectivity index (χ0) is 18.2. The zero-order valence-electron chi connectivity index (χ0n) is 15.5. The summed E-state index contributed by atoms with van der Waals surface area (Å²) >= 11 is 0. The third-order valence-corrected chi connectivity index (χ3v) is 4.60. The van der Waals surface area contributed by atoms with Crippen molar-refractivity contribution in [1.82, 2.24) is 5.32 Å². The van der Waals surface area contributed by atoms with E-state index in [1.54, 1.807) is 0 Å². The predicted molar refractivity (Wildman–Crippen MR) is 99.5 cm³/mol. The van der Waals surface area contributed by atoms with Crippen LogP contribution in [0.25, 0.3) is 0 Å². The van der Waals surface area contributed by atoms with Crippen LogP contribution in [0, 0.1) is 17.8 Å². The number of anilines is 1. The first-order chi connectivity index (χ1) is 12.0. The van der Waals surface area contributed by atoms with Gasteiger partial charge in [0.25, 0.3) is 0 Å². The fourth-order valence-electron chi connectivity index (χ4n) is 3.15. The first kappa shape index (κ1) is 19.3. The number of ether oxygens (including phenoxy) is 1. The van der Waals surface area contributed by atoms with Crippen LogP contribution in [-0.2, 0) is 9.59 Å². The lowest BCUT2D eigenvalue weighted by Crippen LogP contribution is -2.37. The maximum atomic E-state index is 12.5. The van der Waals surface area contributed by atoms with Crippen molar-refractivity contribution in [3.05, 3.63) is 24.3 Å². The Hall–Kier alpha value is -2.04. The Morgan fingerprint density at radius 3 is 2.28 bits per heavy atom. The summed E-state index contributed by atoms with van der Waals surface area (Å²) in [5.74, 6) is 1.31. The number of para-hydroxylation sites is 2. The van der Waals surface area contributed by atoms with Crippen molar-refractivity contribution in [2.45, 2.75) is 46.5 Å². The van der Waals surface area contributed by atoms with Crippen LogP contribution in [0.1, 0.15) is 46.5 Å². The molecule has 1 aromatic rings. The number of hydrogen-bond donors (Lipinski definition) is 2. The number of hydrogen-bond acceptors (Lipinski definition) is 3. The Bertz CT molecular complexity index is 578. The molecule has 1 fully saturated rings. The fourth-order valence-corrected chi connectivity index (χ4v) is 3.15. The third-order valence-electron chi connectivity index (χ3n) is 4.60. The third kappa shape index (κ3) is 5.76. The van der Waals surface area contributed by atoms with E-state index in [-0.39, 0.29) is 23.7 Å². The van der Waals surface area contributed by atoms with Crippen molar-refractivity contribution >= 4 is 17.5 Å². The highest BCUT2D eigenvalue weighted by Gasteiger charge is 2.30. The largest absolute Gasteiger partial charge is 0.492 e. The maximum absolute atomic E-state index is 12.5. The Balaban J connectivity index is 1.84. The molecule has 2 N–H and O–H groups in total. The fraction of sp³-hybridized carbons (Fsp3) is 0.600. The molecule has 1 saturated carbocycles.